The van der Waals surface area contributed by atoms with Crippen LogP contribution >= 0.6 is 11.8 Å². The molecule has 0 fully saturated rings. The minimum Gasteiger partial charge on any atom is -0.480 e. The number of H-pyrrole nitrogens is 1. The number of thioether (sulfide) groups is 1. The van der Waals surface area contributed by atoms with Gasteiger partial charge in [0, 0.05) is 30.6 Å². The number of nitrogens with zero attached hydrogens (tertiary/aromatic N) is 1. The third-order valence-electron chi connectivity index (χ3n) is 2.24. The fourth-order valence-electron chi connectivity index (χ4n) is 1.36. The molecule has 0 spiro atoms. The number of carbonyl (C=O) groups excluding carboxylic acids is 1. The molecule has 4 N–H and O–H groups in total. The third-order valence-corrected chi connectivity index (χ3v) is 2.97. The van der Waals surface area contributed by atoms with Crippen molar-refractivity contribution in [1.82, 2.24) is 20.6 Å². The summed E-state index contributed by atoms with van der Waals surface area (Å²) in [5, 5.41) is 13.3. The van der Waals surface area contributed by atoms with E-state index in [1.807, 2.05) is 0 Å². The molecule has 1 aromatic heterocycles. The van der Waals surface area contributed by atoms with E-state index in [2.05, 4.69) is 20.6 Å². The quantitative estimate of drug-likeness (QED) is 0.558. The van der Waals surface area contributed by atoms with Gasteiger partial charge in [-0.2, -0.15) is 13.2 Å². The molecule has 2 amide bonds. The van der Waals surface area contributed by atoms with Crippen LogP contribution in [0.4, 0.5) is 18.0 Å². The molecule has 11 heteroatoms. The maximum absolute atomic E-state index is 11.9. The van der Waals surface area contributed by atoms with Crippen LogP contribution in [-0.2, 0) is 11.2 Å². The summed E-state index contributed by atoms with van der Waals surface area (Å²) in [4.78, 5) is 28.8. The molecule has 7 nitrogen and oxygen atoms in total. The lowest BCUT2D eigenvalue weighted by atomic mass is 10.2. The van der Waals surface area contributed by atoms with Crippen molar-refractivity contribution in [2.24, 2.45) is 0 Å². The van der Waals surface area contributed by atoms with E-state index in [9.17, 15) is 22.8 Å². The first-order valence-corrected chi connectivity index (χ1v) is 6.71. The molecule has 0 saturated carbocycles. The zero-order valence-corrected chi connectivity index (χ0v) is 11.4. The summed E-state index contributed by atoms with van der Waals surface area (Å²) in [5.41, 5.74) is -3.85. The molecule has 0 aromatic carbocycles. The number of nitrogens with one attached hydrogen (secondary N) is 3. The fraction of sp³-hybridized carbons (Fsp3) is 0.500. The number of urea groups is 1. The second-order valence-electron chi connectivity index (χ2n) is 3.87. The lowest BCUT2D eigenvalue weighted by Crippen LogP contribution is -2.47. The molecule has 21 heavy (non-hydrogen) atoms. The van der Waals surface area contributed by atoms with Crippen LogP contribution in [0.1, 0.15) is 5.69 Å². The van der Waals surface area contributed by atoms with Crippen LogP contribution in [0.15, 0.2) is 12.5 Å². The van der Waals surface area contributed by atoms with E-state index in [1.54, 1.807) is 0 Å². The zero-order valence-electron chi connectivity index (χ0n) is 10.6. The number of rotatable bonds is 7. The summed E-state index contributed by atoms with van der Waals surface area (Å²) in [6, 6.07) is -2.05. The highest BCUT2D eigenvalue weighted by atomic mass is 32.2. The Morgan fingerprint density at radius 3 is 2.71 bits per heavy atom. The molecule has 1 unspecified atom stereocenters. The smallest absolute Gasteiger partial charge is 0.441 e. The monoisotopic (exact) mass is 326 g/mol. The lowest BCUT2D eigenvalue weighted by Gasteiger charge is -2.14. The second-order valence-corrected chi connectivity index (χ2v) is 5.03. The van der Waals surface area contributed by atoms with Crippen molar-refractivity contribution in [3.8, 4) is 0 Å². The van der Waals surface area contributed by atoms with Crippen molar-refractivity contribution in [1.29, 1.82) is 0 Å². The first kappa shape index (κ1) is 17.1. The Labute approximate surface area is 121 Å². The van der Waals surface area contributed by atoms with Crippen LogP contribution in [0.5, 0.6) is 0 Å². The lowest BCUT2D eigenvalue weighted by molar-refractivity contribution is -0.139. The van der Waals surface area contributed by atoms with Gasteiger partial charge >= 0.3 is 17.5 Å². The van der Waals surface area contributed by atoms with E-state index in [0.717, 1.165) is 0 Å². The topological polar surface area (TPSA) is 107 Å². The maximum Gasteiger partial charge on any atom is 0.441 e. The Balaban J connectivity index is 2.34. The average Bonchev–Trinajstić information content (AvgIpc) is 2.85. The summed E-state index contributed by atoms with van der Waals surface area (Å²) < 4.78 is 35.6. The highest BCUT2D eigenvalue weighted by Gasteiger charge is 2.27. The molecule has 0 radical (unpaired) electrons. The number of imidazole rings is 1. The van der Waals surface area contributed by atoms with Crippen molar-refractivity contribution < 1.29 is 27.9 Å². The molecule has 0 saturated heterocycles. The van der Waals surface area contributed by atoms with Crippen LogP contribution in [0, 0.1) is 0 Å². The summed E-state index contributed by atoms with van der Waals surface area (Å²) in [5.74, 6) is -1.61. The van der Waals surface area contributed by atoms with E-state index in [1.165, 1.54) is 12.5 Å². The Morgan fingerprint density at radius 2 is 2.19 bits per heavy atom. The fourth-order valence-corrected chi connectivity index (χ4v) is 1.79. The Morgan fingerprint density at radius 1 is 1.48 bits per heavy atom. The molecule has 118 valence electrons. The van der Waals surface area contributed by atoms with E-state index >= 15 is 0 Å². The minimum absolute atomic E-state index is 0.0138. The van der Waals surface area contributed by atoms with Gasteiger partial charge in [0.2, 0.25) is 0 Å². The largest absolute Gasteiger partial charge is 0.480 e. The van der Waals surface area contributed by atoms with Crippen molar-refractivity contribution in [2.45, 2.75) is 18.0 Å². The number of halogens is 3. The molecule has 1 atom stereocenters. The van der Waals surface area contributed by atoms with Crippen LogP contribution in [0.3, 0.4) is 0 Å². The predicted octanol–water partition coefficient (Wildman–Crippen LogP) is 0.958. The number of carboxylic acid groups (broad SMARTS) is 1. The number of aromatic nitrogens is 2. The van der Waals surface area contributed by atoms with E-state index in [-0.39, 0.29) is 30.5 Å². The van der Waals surface area contributed by atoms with Gasteiger partial charge in [-0.3, -0.25) is 0 Å². The van der Waals surface area contributed by atoms with Crippen LogP contribution < -0.4 is 10.6 Å². The van der Waals surface area contributed by atoms with Gasteiger partial charge in [-0.05, 0) is 11.8 Å². The molecule has 0 aliphatic rings. The first-order chi connectivity index (χ1) is 9.78. The predicted molar refractivity (Wildman–Crippen MR) is 68.8 cm³/mol. The zero-order chi connectivity index (χ0) is 15.9. The van der Waals surface area contributed by atoms with Crippen LogP contribution in [0.2, 0.25) is 0 Å². The molecule has 1 aromatic rings. The van der Waals surface area contributed by atoms with Crippen molar-refractivity contribution >= 4 is 23.8 Å². The van der Waals surface area contributed by atoms with Crippen LogP contribution in [-0.4, -0.2) is 50.9 Å². The van der Waals surface area contributed by atoms with Gasteiger partial charge in [0.05, 0.1) is 6.33 Å². The Bertz CT molecular complexity index is 467. The maximum atomic E-state index is 11.9. The average molecular weight is 326 g/mol. The minimum atomic E-state index is -4.36. The van der Waals surface area contributed by atoms with Crippen molar-refractivity contribution in [3.63, 3.8) is 0 Å². The number of carboxylic acids is 1. The molecule has 0 aliphatic carbocycles. The first-order valence-electron chi connectivity index (χ1n) is 5.73. The summed E-state index contributed by atoms with van der Waals surface area (Å²) in [6.07, 6.45) is 2.76. The van der Waals surface area contributed by atoms with Crippen molar-refractivity contribution in [3.05, 3.63) is 18.2 Å². The van der Waals surface area contributed by atoms with Crippen molar-refractivity contribution in [2.75, 3.05) is 12.3 Å². The van der Waals surface area contributed by atoms with Gasteiger partial charge in [-0.25, -0.2) is 14.6 Å². The number of aliphatic carboxylic acids is 1. The van der Waals surface area contributed by atoms with E-state index in [4.69, 9.17) is 5.11 Å². The molecule has 1 rings (SSSR count). The van der Waals surface area contributed by atoms with Gasteiger partial charge in [-0.15, -0.1) is 0 Å². The number of hydrogen-bond donors (Lipinski definition) is 4. The number of carbonyl (C=O) groups is 2. The highest BCUT2D eigenvalue weighted by molar-refractivity contribution is 8.00. The summed E-state index contributed by atoms with van der Waals surface area (Å²) >= 11 is -0.268. The molecular formula is C10H13F3N4O3S. The molecule has 0 bridgehead atoms. The van der Waals surface area contributed by atoms with Gasteiger partial charge in [0.1, 0.15) is 6.04 Å². The van der Waals surface area contributed by atoms with E-state index < -0.39 is 23.6 Å². The molecule has 0 aliphatic heterocycles. The third kappa shape index (κ3) is 7.44. The number of amides is 2. The van der Waals surface area contributed by atoms with Gasteiger partial charge < -0.3 is 20.7 Å². The second kappa shape index (κ2) is 7.76. The number of hydrogen-bond acceptors (Lipinski definition) is 4. The van der Waals surface area contributed by atoms with Gasteiger partial charge in [0.15, 0.2) is 0 Å². The van der Waals surface area contributed by atoms with Gasteiger partial charge in [0.25, 0.3) is 0 Å². The number of alkyl halides is 3. The highest BCUT2D eigenvalue weighted by Crippen LogP contribution is 2.29. The summed E-state index contributed by atoms with van der Waals surface area (Å²) in [7, 11) is 0. The van der Waals surface area contributed by atoms with E-state index in [0.29, 0.717) is 5.69 Å². The Kier molecular flexibility index (Phi) is 6.34. The Hall–Kier alpha value is -1.91. The van der Waals surface area contributed by atoms with Crippen LogP contribution in [0.25, 0.3) is 0 Å². The SMILES string of the molecule is O=C(NCCSC(F)(F)F)NC(Cc1cnc[nH]1)C(=O)O. The number of aromatic amines is 1. The van der Waals surface area contributed by atoms with Gasteiger partial charge in [-0.1, -0.05) is 0 Å². The molecule has 1 heterocycles. The molecular weight excluding hydrogens is 313 g/mol. The normalized spacial score (nSPS) is 12.7. The standard InChI is InChI=1S/C10H13F3N4O3S/c11-10(12,13)21-2-1-15-9(20)17-7(8(18)19)3-6-4-14-5-16-6/h4-5,7H,1-3H2,(H,14,16)(H,18,19)(H2,15,17,20). The summed E-state index contributed by atoms with van der Waals surface area (Å²) in [6.45, 7) is -0.230.